The van der Waals surface area contributed by atoms with E-state index in [1.165, 1.54) is 0 Å². The summed E-state index contributed by atoms with van der Waals surface area (Å²) >= 11 is 11.3. The molecule has 26 heavy (non-hydrogen) atoms. The molecular weight excluding hydrogens is 364 g/mol. The van der Waals surface area contributed by atoms with Crippen molar-refractivity contribution in [2.45, 2.75) is 6.54 Å². The van der Waals surface area contributed by atoms with Gasteiger partial charge in [0.25, 0.3) is 5.91 Å². The first-order valence-electron chi connectivity index (χ1n) is 8.11. The maximum Gasteiger partial charge on any atom is 0.257 e. The molecule has 0 aliphatic carbocycles. The molecule has 3 aromatic carbocycles. The van der Waals surface area contributed by atoms with Crippen molar-refractivity contribution in [1.29, 1.82) is 0 Å². The summed E-state index contributed by atoms with van der Waals surface area (Å²) in [5.74, 6) is -0.249. The first-order chi connectivity index (χ1) is 12.6. The van der Waals surface area contributed by atoms with Gasteiger partial charge in [0.2, 0.25) is 0 Å². The van der Waals surface area contributed by atoms with Crippen LogP contribution in [0.1, 0.15) is 15.9 Å². The maximum absolute atomic E-state index is 12.3. The quantitative estimate of drug-likeness (QED) is 0.638. The Labute approximate surface area is 163 Å². The van der Waals surface area contributed by atoms with Gasteiger partial charge in [0.15, 0.2) is 5.11 Å². The van der Waals surface area contributed by atoms with Crippen molar-refractivity contribution in [3.63, 3.8) is 0 Å². The Kier molecular flexibility index (Phi) is 6.00. The normalized spacial score (nSPS) is 10.2. The Bertz CT molecular complexity index is 911. The van der Waals surface area contributed by atoms with Gasteiger partial charge in [-0.15, -0.1) is 0 Å². The average molecular weight is 381 g/mol. The number of carbonyl (C=O) groups is 1. The van der Waals surface area contributed by atoms with Crippen LogP contribution in [-0.2, 0) is 6.54 Å². The van der Waals surface area contributed by atoms with Crippen LogP contribution in [0.15, 0.2) is 78.9 Å². The second-order valence-corrected chi connectivity index (χ2v) is 6.49. The molecule has 3 rings (SSSR count). The number of halogens is 1. The smallest absolute Gasteiger partial charge is 0.257 e. The highest BCUT2D eigenvalue weighted by molar-refractivity contribution is 7.80. The van der Waals surface area contributed by atoms with E-state index in [0.717, 1.165) is 16.7 Å². The van der Waals surface area contributed by atoms with Crippen molar-refractivity contribution in [2.75, 3.05) is 0 Å². The standard InChI is InChI=1S/C21H17ClN2OS/c22-19-9-5-4-8-18(19)14-23-21(26)24-20(25)17-12-10-16(11-13-17)15-6-2-1-3-7-15/h1-13H,14H2,(H2,23,24,25,26). The van der Waals surface area contributed by atoms with Gasteiger partial charge in [-0.1, -0.05) is 72.3 Å². The highest BCUT2D eigenvalue weighted by atomic mass is 35.5. The Morgan fingerprint density at radius 3 is 2.15 bits per heavy atom. The van der Waals surface area contributed by atoms with Crippen LogP contribution in [0.4, 0.5) is 0 Å². The monoisotopic (exact) mass is 380 g/mol. The van der Waals surface area contributed by atoms with E-state index < -0.39 is 0 Å². The first kappa shape index (κ1) is 18.1. The molecule has 0 unspecified atom stereocenters. The molecule has 2 N–H and O–H groups in total. The fraction of sp³-hybridized carbons (Fsp3) is 0.0476. The lowest BCUT2D eigenvalue weighted by molar-refractivity contribution is 0.0976. The minimum Gasteiger partial charge on any atom is -0.358 e. The molecule has 0 spiro atoms. The Balaban J connectivity index is 1.57. The summed E-state index contributed by atoms with van der Waals surface area (Å²) in [7, 11) is 0. The minimum absolute atomic E-state index is 0.249. The van der Waals surface area contributed by atoms with Gasteiger partial charge in [0.1, 0.15) is 0 Å². The Morgan fingerprint density at radius 2 is 1.46 bits per heavy atom. The third kappa shape index (κ3) is 4.69. The molecule has 0 aromatic heterocycles. The molecule has 3 nitrogen and oxygen atoms in total. The minimum atomic E-state index is -0.249. The third-order valence-corrected chi connectivity index (χ3v) is 4.49. The summed E-state index contributed by atoms with van der Waals surface area (Å²) in [6.07, 6.45) is 0. The van der Waals surface area contributed by atoms with Crippen molar-refractivity contribution in [3.05, 3.63) is 95.0 Å². The number of rotatable bonds is 4. The zero-order chi connectivity index (χ0) is 18.4. The first-order valence-corrected chi connectivity index (χ1v) is 8.90. The number of amides is 1. The van der Waals surface area contributed by atoms with Crippen LogP contribution in [-0.4, -0.2) is 11.0 Å². The van der Waals surface area contributed by atoms with Gasteiger partial charge >= 0.3 is 0 Å². The van der Waals surface area contributed by atoms with Crippen LogP contribution in [0.25, 0.3) is 11.1 Å². The number of thiocarbonyl (C=S) groups is 1. The van der Waals surface area contributed by atoms with Crippen LogP contribution in [0.3, 0.4) is 0 Å². The maximum atomic E-state index is 12.3. The summed E-state index contributed by atoms with van der Waals surface area (Å²) in [5.41, 5.74) is 3.63. The lowest BCUT2D eigenvalue weighted by Gasteiger charge is -2.11. The summed E-state index contributed by atoms with van der Waals surface area (Å²) in [6.45, 7) is 0.450. The highest BCUT2D eigenvalue weighted by Gasteiger charge is 2.08. The van der Waals surface area contributed by atoms with Gasteiger partial charge in [-0.2, -0.15) is 0 Å². The van der Waals surface area contributed by atoms with E-state index in [0.29, 0.717) is 17.1 Å². The third-order valence-electron chi connectivity index (χ3n) is 3.88. The van der Waals surface area contributed by atoms with Crippen LogP contribution in [0.5, 0.6) is 0 Å². The van der Waals surface area contributed by atoms with Gasteiger partial charge in [0, 0.05) is 17.1 Å². The molecule has 1 amide bonds. The highest BCUT2D eigenvalue weighted by Crippen LogP contribution is 2.19. The molecule has 0 atom stereocenters. The van der Waals surface area contributed by atoms with Crippen molar-refractivity contribution in [1.82, 2.24) is 10.6 Å². The fourth-order valence-electron chi connectivity index (χ4n) is 2.48. The van der Waals surface area contributed by atoms with E-state index in [9.17, 15) is 4.79 Å². The van der Waals surface area contributed by atoms with Crippen molar-refractivity contribution >= 4 is 34.8 Å². The summed E-state index contributed by atoms with van der Waals surface area (Å²) in [4.78, 5) is 12.3. The van der Waals surface area contributed by atoms with E-state index >= 15 is 0 Å². The number of benzene rings is 3. The number of carbonyl (C=O) groups excluding carboxylic acids is 1. The molecule has 3 aromatic rings. The van der Waals surface area contributed by atoms with E-state index in [1.54, 1.807) is 12.1 Å². The Hall–Kier alpha value is -2.69. The van der Waals surface area contributed by atoms with Gasteiger partial charge in [-0.25, -0.2) is 0 Å². The number of hydrogen-bond donors (Lipinski definition) is 2. The molecule has 5 heteroatoms. The number of nitrogens with one attached hydrogen (secondary N) is 2. The summed E-state index contributed by atoms with van der Waals surface area (Å²) < 4.78 is 0. The van der Waals surface area contributed by atoms with E-state index in [4.69, 9.17) is 23.8 Å². The molecule has 0 aliphatic heterocycles. The van der Waals surface area contributed by atoms with Crippen molar-refractivity contribution in [3.8, 4) is 11.1 Å². The van der Waals surface area contributed by atoms with E-state index in [1.807, 2.05) is 66.7 Å². The molecule has 0 saturated heterocycles. The van der Waals surface area contributed by atoms with Crippen LogP contribution >= 0.6 is 23.8 Å². The number of hydrogen-bond acceptors (Lipinski definition) is 2. The van der Waals surface area contributed by atoms with Gasteiger partial charge in [-0.05, 0) is 47.1 Å². The molecular formula is C21H17ClN2OS. The molecule has 0 bridgehead atoms. The average Bonchev–Trinajstić information content (AvgIpc) is 2.68. The predicted molar refractivity (Wildman–Crippen MR) is 110 cm³/mol. The van der Waals surface area contributed by atoms with Gasteiger partial charge < -0.3 is 5.32 Å². The SMILES string of the molecule is O=C(NC(=S)NCc1ccccc1Cl)c1ccc(-c2ccccc2)cc1. The largest absolute Gasteiger partial charge is 0.358 e. The second-order valence-electron chi connectivity index (χ2n) is 5.67. The van der Waals surface area contributed by atoms with Gasteiger partial charge in [-0.3, -0.25) is 10.1 Å². The lowest BCUT2D eigenvalue weighted by atomic mass is 10.0. The zero-order valence-corrected chi connectivity index (χ0v) is 15.5. The predicted octanol–water partition coefficient (Wildman–Crippen LogP) is 4.81. The Morgan fingerprint density at radius 1 is 0.846 bits per heavy atom. The van der Waals surface area contributed by atoms with Gasteiger partial charge in [0.05, 0.1) is 0 Å². The molecule has 0 fully saturated rings. The molecule has 0 saturated carbocycles. The summed E-state index contributed by atoms with van der Waals surface area (Å²) in [5, 5.41) is 6.60. The lowest BCUT2D eigenvalue weighted by Crippen LogP contribution is -2.38. The van der Waals surface area contributed by atoms with Crippen molar-refractivity contribution in [2.24, 2.45) is 0 Å². The summed E-state index contributed by atoms with van der Waals surface area (Å²) in [6, 6.07) is 24.9. The van der Waals surface area contributed by atoms with Crippen LogP contribution in [0.2, 0.25) is 5.02 Å². The second kappa shape index (κ2) is 8.61. The van der Waals surface area contributed by atoms with Crippen LogP contribution in [0, 0.1) is 0 Å². The zero-order valence-electron chi connectivity index (χ0n) is 13.9. The molecule has 0 radical (unpaired) electrons. The molecule has 0 aliphatic rings. The van der Waals surface area contributed by atoms with Crippen LogP contribution < -0.4 is 10.6 Å². The molecule has 130 valence electrons. The fourth-order valence-corrected chi connectivity index (χ4v) is 2.85. The van der Waals surface area contributed by atoms with E-state index in [-0.39, 0.29) is 11.0 Å². The topological polar surface area (TPSA) is 41.1 Å². The van der Waals surface area contributed by atoms with Crippen molar-refractivity contribution < 1.29 is 4.79 Å². The molecule has 0 heterocycles. The van der Waals surface area contributed by atoms with E-state index in [2.05, 4.69) is 10.6 Å².